The van der Waals surface area contributed by atoms with Crippen LogP contribution in [0.3, 0.4) is 0 Å². The van der Waals surface area contributed by atoms with Gasteiger partial charge in [0.15, 0.2) is 0 Å². The predicted octanol–water partition coefficient (Wildman–Crippen LogP) is 20.5. The van der Waals surface area contributed by atoms with Crippen molar-refractivity contribution in [2.24, 2.45) is 0 Å². The number of para-hydroxylation sites is 6. The molecule has 0 spiro atoms. The minimum absolute atomic E-state index is 0.280. The molecule has 11 aromatic carbocycles. The second-order valence-corrected chi connectivity index (χ2v) is 21.2. The molecule has 0 N–H and O–H groups in total. The van der Waals surface area contributed by atoms with Crippen molar-refractivity contribution in [3.8, 4) is 22.3 Å². The van der Waals surface area contributed by atoms with Gasteiger partial charge in [-0.25, -0.2) is 0 Å². The fraction of sp³-hybridized carbons (Fsp3) is 0.0833. The highest BCUT2D eigenvalue weighted by Gasteiger charge is 2.31. The summed E-state index contributed by atoms with van der Waals surface area (Å²) in [6, 6.07) is 90.2. The number of nitrogens with zero attached hydrogens (tertiary/aromatic N) is 4. The van der Waals surface area contributed by atoms with Crippen LogP contribution in [-0.2, 0) is 0 Å². The van der Waals surface area contributed by atoms with Crippen molar-refractivity contribution < 1.29 is 0 Å². The lowest BCUT2D eigenvalue weighted by Crippen LogP contribution is -2.14. The Morgan fingerprint density at radius 2 is 0.671 bits per heavy atom. The first-order valence-electron chi connectivity index (χ1n) is 26.8. The van der Waals surface area contributed by atoms with E-state index in [2.05, 4.69) is 289 Å². The molecule has 0 saturated carbocycles. The fourth-order valence-electron chi connectivity index (χ4n) is 13.0. The molecule has 0 aliphatic heterocycles. The van der Waals surface area contributed by atoms with Crippen molar-refractivity contribution in [3.05, 3.63) is 254 Å². The van der Waals surface area contributed by atoms with Gasteiger partial charge in [-0.3, -0.25) is 0 Å². The topological polar surface area (TPSA) is 15.3 Å². The maximum absolute atomic E-state index is 2.57. The molecule has 4 heteroatoms. The quantitative estimate of drug-likeness (QED) is 0.136. The van der Waals surface area contributed by atoms with E-state index in [1.807, 2.05) is 0 Å². The molecule has 0 unspecified atom stereocenters. The Morgan fingerprint density at radius 3 is 1.07 bits per heavy atom. The van der Waals surface area contributed by atoms with E-state index in [4.69, 9.17) is 0 Å². The fourth-order valence-corrected chi connectivity index (χ4v) is 13.0. The van der Waals surface area contributed by atoms with Gasteiger partial charge >= 0.3 is 0 Å². The second-order valence-electron chi connectivity index (χ2n) is 21.2. The number of hydrogen-bond acceptors (Lipinski definition) is 2. The molecule has 15 aromatic rings. The lowest BCUT2D eigenvalue weighted by Gasteiger charge is -2.32. The van der Waals surface area contributed by atoms with Crippen molar-refractivity contribution in [2.75, 3.05) is 9.80 Å². The van der Waals surface area contributed by atoms with E-state index in [-0.39, 0.29) is 11.8 Å². The van der Waals surface area contributed by atoms with E-state index >= 15 is 0 Å². The zero-order valence-electron chi connectivity index (χ0n) is 43.0. The molecule has 0 aliphatic carbocycles. The predicted molar refractivity (Wildman–Crippen MR) is 324 cm³/mol. The summed E-state index contributed by atoms with van der Waals surface area (Å²) in [5, 5.41) is 9.98. The molecule has 0 radical (unpaired) electrons. The average Bonchev–Trinajstić information content (AvgIpc) is 4.22. The summed E-state index contributed by atoms with van der Waals surface area (Å²) in [7, 11) is 0. The van der Waals surface area contributed by atoms with E-state index < -0.39 is 0 Å². The molecule has 362 valence electrons. The molecule has 0 aliphatic rings. The van der Waals surface area contributed by atoms with Crippen LogP contribution in [0.4, 0.5) is 34.1 Å². The molecule has 0 saturated heterocycles. The molecule has 4 heterocycles. The van der Waals surface area contributed by atoms with Crippen molar-refractivity contribution in [1.82, 2.24) is 8.80 Å². The number of hydrogen-bond donors (Lipinski definition) is 0. The number of rotatable bonds is 10. The Balaban J connectivity index is 1.03. The Morgan fingerprint density at radius 1 is 0.303 bits per heavy atom. The molecule has 0 atom stereocenters. The van der Waals surface area contributed by atoms with Crippen LogP contribution in [-0.4, -0.2) is 8.80 Å². The summed E-state index contributed by atoms with van der Waals surface area (Å²) in [5.41, 5.74) is 21.8. The zero-order chi connectivity index (χ0) is 50.8. The number of aromatic nitrogens is 2. The van der Waals surface area contributed by atoms with Crippen LogP contribution in [0.1, 0.15) is 50.7 Å². The van der Waals surface area contributed by atoms with Crippen molar-refractivity contribution in [1.29, 1.82) is 0 Å². The standard InChI is InChI=1S/C72H54N4/c1-45(2)51-33-21-35-53(47-23-9-5-10-24-47)69(51)73(49-27-13-7-14-28-49)63-41-39-55-59-43-66-60(44-65(59)75-61-37-19-17-31-57(61)67(63)71(55)75)56-40-42-64(68-58-32-18-20-38-62(58)76(66)72(56)68)74(50-29-15-8-16-30-50)70-52(46(3)4)34-22-36-54(70)48-25-11-6-12-26-48/h5-46H,1-4H3. The van der Waals surface area contributed by atoms with E-state index in [0.717, 1.165) is 11.4 Å². The van der Waals surface area contributed by atoms with Crippen LogP contribution in [0, 0.1) is 0 Å². The maximum atomic E-state index is 2.57. The van der Waals surface area contributed by atoms with Gasteiger partial charge in [-0.1, -0.05) is 210 Å². The first-order chi connectivity index (χ1) is 37.4. The molecule has 0 fully saturated rings. The van der Waals surface area contributed by atoms with Gasteiger partial charge < -0.3 is 18.6 Å². The zero-order valence-corrected chi connectivity index (χ0v) is 43.0. The monoisotopic (exact) mass is 974 g/mol. The van der Waals surface area contributed by atoms with Crippen LogP contribution in [0.25, 0.3) is 98.4 Å². The van der Waals surface area contributed by atoms with Gasteiger partial charge in [0.2, 0.25) is 0 Å². The Hall–Kier alpha value is -9.38. The first-order valence-corrected chi connectivity index (χ1v) is 26.8. The Bertz CT molecular complexity index is 4380. The van der Waals surface area contributed by atoms with Crippen LogP contribution in [0.15, 0.2) is 243 Å². The lowest BCUT2D eigenvalue weighted by atomic mass is 9.92. The van der Waals surface area contributed by atoms with Gasteiger partial charge in [-0.05, 0) is 94.8 Å². The number of fused-ring (bicyclic) bond motifs is 12. The SMILES string of the molecule is CC(C)c1cccc(-c2ccccc2)c1N(c1ccccc1)c1ccc2c3cc4c(cc3n3c5ccccc5c1c23)c1ccc(N(c2ccccc2)c2c(-c3ccccc3)cccc2C(C)C)c2c3ccccc3n4c12. The number of anilines is 6. The van der Waals surface area contributed by atoms with Gasteiger partial charge in [0, 0.05) is 65.6 Å². The van der Waals surface area contributed by atoms with E-state index in [9.17, 15) is 0 Å². The molecule has 15 rings (SSSR count). The highest BCUT2D eigenvalue weighted by Crippen LogP contribution is 2.54. The lowest BCUT2D eigenvalue weighted by molar-refractivity contribution is 0.865. The van der Waals surface area contributed by atoms with E-state index in [1.54, 1.807) is 0 Å². The van der Waals surface area contributed by atoms with Crippen LogP contribution in [0.5, 0.6) is 0 Å². The summed E-state index contributed by atoms with van der Waals surface area (Å²) < 4.78 is 5.13. The third kappa shape index (κ3) is 6.37. The molecule has 76 heavy (non-hydrogen) atoms. The Labute approximate surface area is 442 Å². The summed E-state index contributed by atoms with van der Waals surface area (Å²) in [4.78, 5) is 5.10. The molecular formula is C72H54N4. The highest BCUT2D eigenvalue weighted by molar-refractivity contribution is 6.32. The Kier molecular flexibility index (Phi) is 9.93. The molecular weight excluding hydrogens is 921 g/mol. The molecule has 0 amide bonds. The average molecular weight is 975 g/mol. The summed E-state index contributed by atoms with van der Waals surface area (Å²) >= 11 is 0. The third-order valence-corrected chi connectivity index (χ3v) is 16.3. The van der Waals surface area contributed by atoms with E-state index in [1.165, 1.54) is 132 Å². The van der Waals surface area contributed by atoms with Crippen LogP contribution < -0.4 is 9.80 Å². The van der Waals surface area contributed by atoms with Crippen molar-refractivity contribution in [2.45, 2.75) is 39.5 Å². The van der Waals surface area contributed by atoms with Gasteiger partial charge in [0.1, 0.15) is 0 Å². The normalized spacial score (nSPS) is 12.2. The third-order valence-electron chi connectivity index (χ3n) is 16.3. The smallest absolute Gasteiger partial charge is 0.0641 e. The largest absolute Gasteiger partial charge is 0.309 e. The number of benzene rings is 11. The maximum Gasteiger partial charge on any atom is 0.0641 e. The first kappa shape index (κ1) is 44.1. The summed E-state index contributed by atoms with van der Waals surface area (Å²) in [6.45, 7) is 9.27. The molecule has 4 nitrogen and oxygen atoms in total. The summed E-state index contributed by atoms with van der Waals surface area (Å²) in [5.74, 6) is 0.560. The molecule has 0 bridgehead atoms. The highest BCUT2D eigenvalue weighted by atomic mass is 15.2. The van der Waals surface area contributed by atoms with Gasteiger partial charge in [0.05, 0.1) is 55.8 Å². The van der Waals surface area contributed by atoms with Gasteiger partial charge in [-0.15, -0.1) is 0 Å². The minimum Gasteiger partial charge on any atom is -0.309 e. The van der Waals surface area contributed by atoms with E-state index in [0.29, 0.717) is 0 Å². The summed E-state index contributed by atoms with van der Waals surface area (Å²) in [6.07, 6.45) is 0. The van der Waals surface area contributed by atoms with Crippen LogP contribution in [0.2, 0.25) is 0 Å². The van der Waals surface area contributed by atoms with Gasteiger partial charge in [0.25, 0.3) is 0 Å². The van der Waals surface area contributed by atoms with Gasteiger partial charge in [-0.2, -0.15) is 0 Å². The van der Waals surface area contributed by atoms with Crippen molar-refractivity contribution >= 4 is 110 Å². The minimum atomic E-state index is 0.280. The van der Waals surface area contributed by atoms with Crippen LogP contribution >= 0.6 is 0 Å². The second kappa shape index (κ2) is 17.1. The van der Waals surface area contributed by atoms with Crippen molar-refractivity contribution in [3.63, 3.8) is 0 Å². The molecule has 4 aromatic heterocycles.